The molecule has 0 saturated carbocycles. The molecule has 1 N–H and O–H groups in total. The van der Waals surface area contributed by atoms with Crippen LogP contribution in [-0.2, 0) is 16.0 Å². The molecule has 1 amide bonds. The van der Waals surface area contributed by atoms with Crippen LogP contribution in [0.5, 0.6) is 0 Å². The number of Topliss-reactive ketones (excluding diaryl/α,β-unsaturated/α-hetero) is 1. The number of rotatable bonds is 9. The van der Waals surface area contributed by atoms with Gasteiger partial charge in [-0.2, -0.15) is 0 Å². The Balaban J connectivity index is 1.86. The molecule has 2 aromatic rings. The molecule has 0 spiro atoms. The van der Waals surface area contributed by atoms with Crippen molar-refractivity contribution < 1.29 is 14.0 Å². The third kappa shape index (κ3) is 6.55. The zero-order valence-corrected chi connectivity index (χ0v) is 17.1. The Morgan fingerprint density at radius 1 is 1.14 bits per heavy atom. The van der Waals surface area contributed by atoms with Gasteiger partial charge in [0, 0.05) is 17.9 Å². The van der Waals surface area contributed by atoms with Crippen molar-refractivity contribution in [2.45, 2.75) is 47.0 Å². The Bertz CT molecular complexity index is 798. The molecular formula is C23H29FN2O2. The molecule has 0 aliphatic carbocycles. The number of aromatic nitrogens is 1. The van der Waals surface area contributed by atoms with Crippen LogP contribution in [0.25, 0.3) is 11.3 Å². The summed E-state index contributed by atoms with van der Waals surface area (Å²) in [6.45, 7) is 8.11. The molecule has 150 valence electrons. The van der Waals surface area contributed by atoms with E-state index in [4.69, 9.17) is 0 Å². The van der Waals surface area contributed by atoms with Crippen molar-refractivity contribution in [3.63, 3.8) is 0 Å². The van der Waals surface area contributed by atoms with E-state index in [2.05, 4.69) is 31.1 Å². The van der Waals surface area contributed by atoms with Gasteiger partial charge in [0.15, 0.2) is 5.78 Å². The largest absolute Gasteiger partial charge is 0.349 e. The molecule has 1 heterocycles. The van der Waals surface area contributed by atoms with Gasteiger partial charge in [-0.15, -0.1) is 0 Å². The summed E-state index contributed by atoms with van der Waals surface area (Å²) in [5, 5.41) is 2.76. The first kappa shape index (κ1) is 21.7. The summed E-state index contributed by atoms with van der Waals surface area (Å²) in [4.78, 5) is 28.4. The molecular weight excluding hydrogens is 355 g/mol. The highest BCUT2D eigenvalue weighted by molar-refractivity contribution is 5.87. The maximum atomic E-state index is 13.0. The lowest BCUT2D eigenvalue weighted by molar-refractivity contribution is -0.128. The van der Waals surface area contributed by atoms with E-state index in [1.54, 1.807) is 6.07 Å². The highest BCUT2D eigenvalue weighted by atomic mass is 19.1. The summed E-state index contributed by atoms with van der Waals surface area (Å²) in [7, 11) is 0. The molecule has 2 rings (SSSR count). The number of hydrogen-bond acceptors (Lipinski definition) is 3. The Hall–Kier alpha value is -2.56. The van der Waals surface area contributed by atoms with E-state index >= 15 is 0 Å². The van der Waals surface area contributed by atoms with E-state index < -0.39 is 0 Å². The molecule has 4 nitrogen and oxygen atoms in total. The number of ketones is 1. The highest BCUT2D eigenvalue weighted by Gasteiger charge is 2.21. The number of carbonyl (C=O) groups is 2. The summed E-state index contributed by atoms with van der Waals surface area (Å²) >= 11 is 0. The second kappa shape index (κ2) is 9.58. The molecule has 1 aromatic heterocycles. The first-order valence-corrected chi connectivity index (χ1v) is 9.70. The van der Waals surface area contributed by atoms with Gasteiger partial charge in [-0.1, -0.05) is 58.4 Å². The Kier molecular flexibility index (Phi) is 7.44. The monoisotopic (exact) mass is 384 g/mol. The number of halogens is 1. The van der Waals surface area contributed by atoms with E-state index in [-0.39, 0.29) is 35.4 Å². The summed E-state index contributed by atoms with van der Waals surface area (Å²) in [5.74, 6) is -0.658. The maximum Gasteiger partial charge on any atom is 0.223 e. The van der Waals surface area contributed by atoms with Crippen LogP contribution in [0, 0.1) is 17.2 Å². The predicted octanol–water partition coefficient (Wildman–Crippen LogP) is 4.58. The average Bonchev–Trinajstić information content (AvgIpc) is 2.67. The summed E-state index contributed by atoms with van der Waals surface area (Å²) in [5.41, 5.74) is 2.58. The van der Waals surface area contributed by atoms with Crippen LogP contribution >= 0.6 is 0 Å². The van der Waals surface area contributed by atoms with Crippen LogP contribution in [0.2, 0.25) is 0 Å². The number of carbonyl (C=O) groups excluding carboxylic acids is 2. The van der Waals surface area contributed by atoms with Crippen molar-refractivity contribution in [2.75, 3.05) is 6.54 Å². The zero-order valence-electron chi connectivity index (χ0n) is 17.1. The minimum Gasteiger partial charge on any atom is -0.349 e. The fraction of sp³-hybridized carbons (Fsp3) is 0.435. The minimum absolute atomic E-state index is 0.0332. The van der Waals surface area contributed by atoms with Gasteiger partial charge in [-0.05, 0) is 29.5 Å². The topological polar surface area (TPSA) is 59.1 Å². The van der Waals surface area contributed by atoms with E-state index in [1.165, 1.54) is 12.3 Å². The summed E-state index contributed by atoms with van der Waals surface area (Å²) < 4.78 is 13.0. The third-order valence-electron chi connectivity index (χ3n) is 5.06. The summed E-state index contributed by atoms with van der Waals surface area (Å²) in [6, 6.07) is 10.7. The number of benzene rings is 1. The van der Waals surface area contributed by atoms with Crippen LogP contribution in [0.3, 0.4) is 0 Å². The van der Waals surface area contributed by atoms with E-state index in [0.29, 0.717) is 18.5 Å². The van der Waals surface area contributed by atoms with Crippen LogP contribution in [0.1, 0.15) is 46.1 Å². The number of nitrogens with one attached hydrogen (secondary N) is 1. The standard InChI is InChI=1S/C23H29FN2O2/c1-5-23(3,4)13-20(27)15-26-22(28)16(2)12-17-6-8-18(9-7-17)21-11-10-19(24)14-25-21/h6-11,14,16H,5,12-13,15H2,1-4H3,(H,26,28). The molecule has 1 atom stereocenters. The number of pyridine rings is 1. The van der Waals surface area contributed by atoms with Gasteiger partial charge in [0.2, 0.25) is 5.91 Å². The van der Waals surface area contributed by atoms with Crippen molar-refractivity contribution in [3.05, 3.63) is 54.0 Å². The number of hydrogen-bond donors (Lipinski definition) is 1. The van der Waals surface area contributed by atoms with Gasteiger partial charge in [0.05, 0.1) is 18.4 Å². The molecule has 1 aromatic carbocycles. The van der Waals surface area contributed by atoms with Gasteiger partial charge in [0.25, 0.3) is 0 Å². The smallest absolute Gasteiger partial charge is 0.223 e. The Labute approximate surface area is 166 Å². The zero-order chi connectivity index (χ0) is 20.7. The fourth-order valence-corrected chi connectivity index (χ4v) is 2.89. The van der Waals surface area contributed by atoms with Crippen molar-refractivity contribution >= 4 is 11.7 Å². The fourth-order valence-electron chi connectivity index (χ4n) is 2.89. The van der Waals surface area contributed by atoms with Gasteiger partial charge in [-0.25, -0.2) is 4.39 Å². The molecule has 0 aliphatic rings. The van der Waals surface area contributed by atoms with Crippen molar-refractivity contribution in [3.8, 4) is 11.3 Å². The van der Waals surface area contributed by atoms with Crippen LogP contribution in [-0.4, -0.2) is 23.2 Å². The van der Waals surface area contributed by atoms with E-state index in [9.17, 15) is 14.0 Å². The molecule has 28 heavy (non-hydrogen) atoms. The van der Waals surface area contributed by atoms with Crippen molar-refractivity contribution in [2.24, 2.45) is 11.3 Å². The third-order valence-corrected chi connectivity index (χ3v) is 5.06. The van der Waals surface area contributed by atoms with Gasteiger partial charge in [-0.3, -0.25) is 14.6 Å². The Morgan fingerprint density at radius 3 is 2.39 bits per heavy atom. The lowest BCUT2D eigenvalue weighted by atomic mass is 9.85. The van der Waals surface area contributed by atoms with Crippen LogP contribution < -0.4 is 5.32 Å². The van der Waals surface area contributed by atoms with Gasteiger partial charge >= 0.3 is 0 Å². The predicted molar refractivity (Wildman–Crippen MR) is 109 cm³/mol. The molecule has 1 unspecified atom stereocenters. The van der Waals surface area contributed by atoms with E-state index in [0.717, 1.165) is 17.5 Å². The first-order valence-electron chi connectivity index (χ1n) is 9.70. The lowest BCUT2D eigenvalue weighted by Gasteiger charge is -2.21. The SMILES string of the molecule is CCC(C)(C)CC(=O)CNC(=O)C(C)Cc1ccc(-c2ccc(F)cn2)cc1. The molecule has 0 radical (unpaired) electrons. The molecule has 5 heteroatoms. The van der Waals surface area contributed by atoms with Crippen molar-refractivity contribution in [1.82, 2.24) is 10.3 Å². The minimum atomic E-state index is -0.364. The van der Waals surface area contributed by atoms with Crippen molar-refractivity contribution in [1.29, 1.82) is 0 Å². The van der Waals surface area contributed by atoms with Crippen LogP contribution in [0.4, 0.5) is 4.39 Å². The lowest BCUT2D eigenvalue weighted by Crippen LogP contribution is -2.35. The number of amides is 1. The molecule has 0 bridgehead atoms. The number of nitrogens with zero attached hydrogens (tertiary/aromatic N) is 1. The second-order valence-electron chi connectivity index (χ2n) is 8.11. The Morgan fingerprint density at radius 2 is 1.82 bits per heavy atom. The normalized spacial score (nSPS) is 12.5. The summed E-state index contributed by atoms with van der Waals surface area (Å²) in [6.07, 6.45) is 3.17. The highest BCUT2D eigenvalue weighted by Crippen LogP contribution is 2.24. The average molecular weight is 384 g/mol. The maximum absolute atomic E-state index is 13.0. The molecule has 0 fully saturated rings. The molecule has 0 aliphatic heterocycles. The first-order chi connectivity index (χ1) is 13.2. The van der Waals surface area contributed by atoms with Gasteiger partial charge < -0.3 is 5.32 Å². The molecule has 0 saturated heterocycles. The quantitative estimate of drug-likeness (QED) is 0.688. The van der Waals surface area contributed by atoms with Gasteiger partial charge in [0.1, 0.15) is 5.82 Å². The van der Waals surface area contributed by atoms with Crippen LogP contribution in [0.15, 0.2) is 42.6 Å². The second-order valence-corrected chi connectivity index (χ2v) is 8.11. The van der Waals surface area contributed by atoms with E-state index in [1.807, 2.05) is 31.2 Å².